The van der Waals surface area contributed by atoms with Gasteiger partial charge in [-0.2, -0.15) is 0 Å². The molecule has 3 N–H and O–H groups in total. The van der Waals surface area contributed by atoms with Crippen LogP contribution in [0.5, 0.6) is 0 Å². The quantitative estimate of drug-likeness (QED) is 0.773. The van der Waals surface area contributed by atoms with Gasteiger partial charge in [0.25, 0.3) is 0 Å². The van der Waals surface area contributed by atoms with Gasteiger partial charge in [-0.1, -0.05) is 12.1 Å². The Hall–Kier alpha value is -1.42. The first-order valence-corrected chi connectivity index (χ1v) is 4.85. The zero-order chi connectivity index (χ0) is 11.3. The highest BCUT2D eigenvalue weighted by atomic mass is 19.1. The van der Waals surface area contributed by atoms with Crippen LogP contribution in [-0.2, 0) is 11.2 Å². The maximum atomic E-state index is 12.6. The minimum absolute atomic E-state index is 0.0297. The average Bonchev–Trinajstić information content (AvgIpc) is 2.21. The van der Waals surface area contributed by atoms with E-state index in [0.717, 1.165) is 5.56 Å². The molecule has 0 saturated heterocycles. The van der Waals surface area contributed by atoms with Crippen LogP contribution in [0.25, 0.3) is 0 Å². The Labute approximate surface area is 88.5 Å². The maximum Gasteiger partial charge on any atom is 0.224 e. The third-order valence-corrected chi connectivity index (χ3v) is 2.04. The van der Waals surface area contributed by atoms with Crippen LogP contribution in [0.15, 0.2) is 24.3 Å². The minimum atomic E-state index is -0.297. The first-order valence-electron chi connectivity index (χ1n) is 4.85. The standard InChI is InChI=1S/C11H15FN2O/c1-8(7-13)14-11(15)6-9-2-4-10(12)5-3-9/h2-5,8H,6-7,13H2,1H3,(H,14,15)/t8-/m1/s1. The van der Waals surface area contributed by atoms with Crippen LogP contribution in [0.4, 0.5) is 4.39 Å². The molecule has 0 spiro atoms. The molecule has 1 aromatic rings. The van der Waals surface area contributed by atoms with Gasteiger partial charge in [-0.05, 0) is 24.6 Å². The number of benzene rings is 1. The van der Waals surface area contributed by atoms with E-state index in [9.17, 15) is 9.18 Å². The summed E-state index contributed by atoms with van der Waals surface area (Å²) in [5.74, 6) is -0.394. The molecule has 3 nitrogen and oxygen atoms in total. The van der Waals surface area contributed by atoms with E-state index in [1.165, 1.54) is 12.1 Å². The van der Waals surface area contributed by atoms with E-state index in [0.29, 0.717) is 6.54 Å². The van der Waals surface area contributed by atoms with Crippen molar-refractivity contribution < 1.29 is 9.18 Å². The Balaban J connectivity index is 2.48. The summed E-state index contributed by atoms with van der Waals surface area (Å²) in [6.07, 6.45) is 0.255. The van der Waals surface area contributed by atoms with E-state index in [1.807, 2.05) is 6.92 Å². The number of rotatable bonds is 4. The summed E-state index contributed by atoms with van der Waals surface area (Å²) < 4.78 is 12.6. The van der Waals surface area contributed by atoms with Gasteiger partial charge >= 0.3 is 0 Å². The van der Waals surface area contributed by atoms with Gasteiger partial charge in [-0.25, -0.2) is 4.39 Å². The summed E-state index contributed by atoms with van der Waals surface area (Å²) in [5.41, 5.74) is 6.16. The van der Waals surface area contributed by atoms with Gasteiger partial charge in [0.05, 0.1) is 6.42 Å². The monoisotopic (exact) mass is 210 g/mol. The fourth-order valence-electron chi connectivity index (χ4n) is 1.17. The van der Waals surface area contributed by atoms with Crippen molar-refractivity contribution in [1.82, 2.24) is 5.32 Å². The maximum absolute atomic E-state index is 12.6. The van der Waals surface area contributed by atoms with E-state index in [4.69, 9.17) is 5.73 Å². The largest absolute Gasteiger partial charge is 0.352 e. The normalized spacial score (nSPS) is 12.2. The van der Waals surface area contributed by atoms with Crippen molar-refractivity contribution in [3.8, 4) is 0 Å². The second-order valence-electron chi connectivity index (χ2n) is 3.51. The van der Waals surface area contributed by atoms with Crippen molar-refractivity contribution in [2.75, 3.05) is 6.54 Å². The van der Waals surface area contributed by atoms with Crippen LogP contribution in [0.1, 0.15) is 12.5 Å². The smallest absolute Gasteiger partial charge is 0.224 e. The molecular formula is C11H15FN2O. The fraction of sp³-hybridized carbons (Fsp3) is 0.364. The number of hydrogen-bond acceptors (Lipinski definition) is 2. The van der Waals surface area contributed by atoms with Gasteiger partial charge in [0, 0.05) is 12.6 Å². The van der Waals surface area contributed by atoms with Crippen molar-refractivity contribution in [2.45, 2.75) is 19.4 Å². The van der Waals surface area contributed by atoms with Crippen LogP contribution in [-0.4, -0.2) is 18.5 Å². The Bertz CT molecular complexity index is 324. The molecule has 15 heavy (non-hydrogen) atoms. The second-order valence-corrected chi connectivity index (χ2v) is 3.51. The highest BCUT2D eigenvalue weighted by Crippen LogP contribution is 2.03. The van der Waals surface area contributed by atoms with Gasteiger partial charge < -0.3 is 11.1 Å². The van der Waals surface area contributed by atoms with Crippen molar-refractivity contribution in [3.63, 3.8) is 0 Å². The highest BCUT2D eigenvalue weighted by molar-refractivity contribution is 5.78. The first kappa shape index (κ1) is 11.7. The lowest BCUT2D eigenvalue weighted by Gasteiger charge is -2.10. The summed E-state index contributed by atoms with van der Waals surface area (Å²) in [4.78, 5) is 11.4. The van der Waals surface area contributed by atoms with Gasteiger partial charge in [0.2, 0.25) is 5.91 Å². The highest BCUT2D eigenvalue weighted by Gasteiger charge is 2.06. The van der Waals surface area contributed by atoms with Crippen molar-refractivity contribution in [1.29, 1.82) is 0 Å². The molecule has 1 aromatic carbocycles. The third kappa shape index (κ3) is 4.08. The Morgan fingerprint density at radius 1 is 1.47 bits per heavy atom. The fourth-order valence-corrected chi connectivity index (χ4v) is 1.17. The first-order chi connectivity index (χ1) is 7.11. The van der Waals surface area contributed by atoms with E-state index in [1.54, 1.807) is 12.1 Å². The van der Waals surface area contributed by atoms with Crippen molar-refractivity contribution in [2.24, 2.45) is 5.73 Å². The van der Waals surface area contributed by atoms with Crippen LogP contribution in [0.2, 0.25) is 0 Å². The number of hydrogen-bond donors (Lipinski definition) is 2. The van der Waals surface area contributed by atoms with Crippen LogP contribution in [0, 0.1) is 5.82 Å². The molecule has 1 amide bonds. The lowest BCUT2D eigenvalue weighted by atomic mass is 10.1. The molecule has 0 heterocycles. The molecule has 0 aliphatic rings. The van der Waals surface area contributed by atoms with Gasteiger partial charge in [-0.15, -0.1) is 0 Å². The van der Waals surface area contributed by atoms with Crippen LogP contribution >= 0.6 is 0 Å². The van der Waals surface area contributed by atoms with E-state index < -0.39 is 0 Å². The molecule has 0 saturated carbocycles. The molecule has 4 heteroatoms. The molecular weight excluding hydrogens is 195 g/mol. The number of carbonyl (C=O) groups is 1. The Kier molecular flexibility index (Phi) is 4.24. The molecule has 0 unspecified atom stereocenters. The van der Waals surface area contributed by atoms with Gasteiger partial charge in [-0.3, -0.25) is 4.79 Å². The molecule has 1 rings (SSSR count). The number of nitrogens with two attached hydrogens (primary N) is 1. The van der Waals surface area contributed by atoms with Crippen LogP contribution in [0.3, 0.4) is 0 Å². The third-order valence-electron chi connectivity index (χ3n) is 2.04. The number of amides is 1. The molecule has 82 valence electrons. The molecule has 0 aliphatic heterocycles. The molecule has 0 aromatic heterocycles. The molecule has 1 atom stereocenters. The van der Waals surface area contributed by atoms with Crippen molar-refractivity contribution >= 4 is 5.91 Å². The zero-order valence-corrected chi connectivity index (χ0v) is 8.66. The SMILES string of the molecule is C[C@H](CN)NC(=O)Cc1ccc(F)cc1. The van der Waals surface area contributed by atoms with Crippen molar-refractivity contribution in [3.05, 3.63) is 35.6 Å². The number of nitrogens with one attached hydrogen (secondary N) is 1. The van der Waals surface area contributed by atoms with Gasteiger partial charge in [0.1, 0.15) is 5.82 Å². The molecule has 0 bridgehead atoms. The number of carbonyl (C=O) groups excluding carboxylic acids is 1. The summed E-state index contributed by atoms with van der Waals surface area (Å²) in [6.45, 7) is 2.25. The topological polar surface area (TPSA) is 55.1 Å². The second kappa shape index (κ2) is 5.46. The molecule has 0 aliphatic carbocycles. The molecule has 0 fully saturated rings. The van der Waals surface area contributed by atoms with E-state index in [2.05, 4.69) is 5.32 Å². The summed E-state index contributed by atoms with van der Waals surface area (Å²) >= 11 is 0. The van der Waals surface area contributed by atoms with Crippen LogP contribution < -0.4 is 11.1 Å². The predicted octanol–water partition coefficient (Wildman–Crippen LogP) is 0.832. The summed E-state index contributed by atoms with van der Waals surface area (Å²) in [5, 5.41) is 2.73. The summed E-state index contributed by atoms with van der Waals surface area (Å²) in [7, 11) is 0. The molecule has 0 radical (unpaired) electrons. The van der Waals surface area contributed by atoms with Gasteiger partial charge in [0.15, 0.2) is 0 Å². The number of halogens is 1. The lowest BCUT2D eigenvalue weighted by Crippen LogP contribution is -2.38. The average molecular weight is 210 g/mol. The zero-order valence-electron chi connectivity index (χ0n) is 8.66. The summed E-state index contributed by atoms with van der Waals surface area (Å²) in [6, 6.07) is 5.85. The van der Waals surface area contributed by atoms with E-state index >= 15 is 0 Å². The predicted molar refractivity (Wildman–Crippen MR) is 56.8 cm³/mol. The Morgan fingerprint density at radius 3 is 2.60 bits per heavy atom. The minimum Gasteiger partial charge on any atom is -0.352 e. The lowest BCUT2D eigenvalue weighted by molar-refractivity contribution is -0.120. The van der Waals surface area contributed by atoms with E-state index in [-0.39, 0.29) is 24.2 Å². The Morgan fingerprint density at radius 2 is 2.07 bits per heavy atom.